The van der Waals surface area contributed by atoms with E-state index in [1.54, 1.807) is 6.92 Å². The van der Waals surface area contributed by atoms with Crippen LogP contribution in [0.5, 0.6) is 11.5 Å². The third kappa shape index (κ3) is 1.80. The Labute approximate surface area is 103 Å². The monoisotopic (exact) mass is 248 g/mol. The van der Waals surface area contributed by atoms with Crippen LogP contribution in [0.1, 0.15) is 18.9 Å². The van der Waals surface area contributed by atoms with Crippen LogP contribution in [0.25, 0.3) is 11.5 Å². The van der Waals surface area contributed by atoms with Crippen LogP contribution in [0.15, 0.2) is 22.7 Å². The summed E-state index contributed by atoms with van der Waals surface area (Å²) in [6.45, 7) is 2.59. The van der Waals surface area contributed by atoms with Gasteiger partial charge >= 0.3 is 0 Å². The Balaban J connectivity index is 2.05. The molecule has 0 spiro atoms. The van der Waals surface area contributed by atoms with Gasteiger partial charge in [0.2, 0.25) is 0 Å². The van der Waals surface area contributed by atoms with Crippen molar-refractivity contribution in [1.29, 1.82) is 0 Å². The molecule has 0 saturated heterocycles. The molecule has 1 aromatic heterocycles. The van der Waals surface area contributed by atoms with Gasteiger partial charge in [0, 0.05) is 0 Å². The summed E-state index contributed by atoms with van der Waals surface area (Å²) in [5.41, 5.74) is 0.673. The fourth-order valence-corrected chi connectivity index (χ4v) is 1.76. The molecule has 0 bridgehead atoms. The van der Waals surface area contributed by atoms with Crippen molar-refractivity contribution in [3.63, 3.8) is 0 Å². The van der Waals surface area contributed by atoms with E-state index in [-0.39, 0.29) is 5.82 Å². The molecule has 6 nitrogen and oxygen atoms in total. The molecule has 0 amide bonds. The molecule has 1 atom stereocenters. The van der Waals surface area contributed by atoms with Crippen molar-refractivity contribution in [3.05, 3.63) is 24.0 Å². The number of aliphatic hydroxyl groups is 1. The highest BCUT2D eigenvalue weighted by molar-refractivity contribution is 5.67. The van der Waals surface area contributed by atoms with Gasteiger partial charge in [-0.2, -0.15) is 4.98 Å². The van der Waals surface area contributed by atoms with E-state index in [2.05, 4.69) is 10.1 Å². The molecule has 0 radical (unpaired) electrons. The summed E-state index contributed by atoms with van der Waals surface area (Å²) in [6, 6.07) is 5.46. The standard InChI is InChI=1S/C12H12N2O4/c1-7(15)11-13-12(18-14-11)8-3-2-4-9-10(8)17-6-5-16-9/h2-4,7,15H,5-6H2,1H3. The van der Waals surface area contributed by atoms with Gasteiger partial charge in [-0.05, 0) is 19.1 Å². The molecule has 1 aliphatic heterocycles. The second kappa shape index (κ2) is 4.30. The highest BCUT2D eigenvalue weighted by Crippen LogP contribution is 2.39. The third-order valence-corrected chi connectivity index (χ3v) is 2.61. The molecule has 1 unspecified atom stereocenters. The molecule has 0 fully saturated rings. The molecule has 0 aliphatic carbocycles. The maximum Gasteiger partial charge on any atom is 0.261 e. The fourth-order valence-electron chi connectivity index (χ4n) is 1.76. The summed E-state index contributed by atoms with van der Waals surface area (Å²) in [4.78, 5) is 4.12. The Morgan fingerprint density at radius 1 is 1.28 bits per heavy atom. The lowest BCUT2D eigenvalue weighted by molar-refractivity contribution is 0.172. The Hall–Kier alpha value is -2.08. The summed E-state index contributed by atoms with van der Waals surface area (Å²) < 4.78 is 16.2. The average Bonchev–Trinajstić information content (AvgIpc) is 2.87. The zero-order valence-corrected chi connectivity index (χ0v) is 9.79. The number of ether oxygens (including phenoxy) is 2. The molecule has 3 rings (SSSR count). The Kier molecular flexibility index (Phi) is 2.64. The molecule has 18 heavy (non-hydrogen) atoms. The van der Waals surface area contributed by atoms with Gasteiger partial charge in [-0.25, -0.2) is 0 Å². The SMILES string of the molecule is CC(O)c1noc(-c2cccc3c2OCCO3)n1. The maximum absolute atomic E-state index is 9.38. The molecular formula is C12H12N2O4. The van der Waals surface area contributed by atoms with Crippen LogP contribution in [0.3, 0.4) is 0 Å². The first-order chi connectivity index (χ1) is 8.75. The fraction of sp³-hybridized carbons (Fsp3) is 0.333. The van der Waals surface area contributed by atoms with Gasteiger partial charge in [-0.3, -0.25) is 0 Å². The van der Waals surface area contributed by atoms with E-state index in [9.17, 15) is 5.11 Å². The molecule has 1 aromatic carbocycles. The second-order valence-electron chi connectivity index (χ2n) is 3.96. The van der Waals surface area contributed by atoms with E-state index in [0.29, 0.717) is 36.2 Å². The molecule has 1 N–H and O–H groups in total. The summed E-state index contributed by atoms with van der Waals surface area (Å²) in [6.07, 6.45) is -0.765. The lowest BCUT2D eigenvalue weighted by Gasteiger charge is -2.19. The van der Waals surface area contributed by atoms with Gasteiger partial charge in [0.05, 0.1) is 5.56 Å². The maximum atomic E-state index is 9.38. The lowest BCUT2D eigenvalue weighted by atomic mass is 10.1. The van der Waals surface area contributed by atoms with Crippen LogP contribution < -0.4 is 9.47 Å². The summed E-state index contributed by atoms with van der Waals surface area (Å²) >= 11 is 0. The van der Waals surface area contributed by atoms with Gasteiger partial charge in [0.1, 0.15) is 19.3 Å². The average molecular weight is 248 g/mol. The first-order valence-corrected chi connectivity index (χ1v) is 5.66. The van der Waals surface area contributed by atoms with E-state index in [4.69, 9.17) is 14.0 Å². The van der Waals surface area contributed by atoms with Crippen molar-refractivity contribution < 1.29 is 19.1 Å². The van der Waals surface area contributed by atoms with E-state index >= 15 is 0 Å². The Morgan fingerprint density at radius 2 is 2.11 bits per heavy atom. The van der Waals surface area contributed by atoms with Crippen molar-refractivity contribution in [2.45, 2.75) is 13.0 Å². The van der Waals surface area contributed by atoms with Crippen LogP contribution in [0, 0.1) is 0 Å². The first-order valence-electron chi connectivity index (χ1n) is 5.66. The predicted molar refractivity (Wildman–Crippen MR) is 61.4 cm³/mol. The molecule has 94 valence electrons. The van der Waals surface area contributed by atoms with Crippen molar-refractivity contribution >= 4 is 0 Å². The summed E-state index contributed by atoms with van der Waals surface area (Å²) in [5.74, 6) is 1.83. The molecule has 6 heteroatoms. The third-order valence-electron chi connectivity index (χ3n) is 2.61. The van der Waals surface area contributed by atoms with Crippen molar-refractivity contribution in [3.8, 4) is 23.0 Å². The van der Waals surface area contributed by atoms with E-state index in [1.165, 1.54) is 0 Å². The number of rotatable bonds is 2. The minimum atomic E-state index is -0.765. The number of hydrogen-bond donors (Lipinski definition) is 1. The molecular weight excluding hydrogens is 236 g/mol. The van der Waals surface area contributed by atoms with E-state index in [0.717, 1.165) is 0 Å². The summed E-state index contributed by atoms with van der Waals surface area (Å²) in [7, 11) is 0. The van der Waals surface area contributed by atoms with Gasteiger partial charge in [0.15, 0.2) is 17.3 Å². The molecule has 2 aromatic rings. The van der Waals surface area contributed by atoms with Crippen molar-refractivity contribution in [2.24, 2.45) is 0 Å². The Bertz CT molecular complexity index is 565. The number of benzene rings is 1. The molecule has 2 heterocycles. The normalized spacial score (nSPS) is 15.4. The number of para-hydroxylation sites is 1. The predicted octanol–water partition coefficient (Wildman–Crippen LogP) is 1.56. The smallest absolute Gasteiger partial charge is 0.261 e. The Morgan fingerprint density at radius 3 is 2.89 bits per heavy atom. The number of aromatic nitrogens is 2. The number of aliphatic hydroxyl groups excluding tert-OH is 1. The first kappa shape index (κ1) is 11.0. The highest BCUT2D eigenvalue weighted by atomic mass is 16.6. The van der Waals surface area contributed by atoms with Crippen LogP contribution in [0.2, 0.25) is 0 Å². The van der Waals surface area contributed by atoms with E-state index < -0.39 is 6.10 Å². The van der Waals surface area contributed by atoms with Gasteiger partial charge in [0.25, 0.3) is 5.89 Å². The van der Waals surface area contributed by atoms with Gasteiger partial charge in [-0.1, -0.05) is 11.2 Å². The number of nitrogens with zero attached hydrogens (tertiary/aromatic N) is 2. The number of hydrogen-bond acceptors (Lipinski definition) is 6. The molecule has 0 saturated carbocycles. The second-order valence-corrected chi connectivity index (χ2v) is 3.96. The zero-order valence-electron chi connectivity index (χ0n) is 9.79. The minimum absolute atomic E-state index is 0.249. The van der Waals surface area contributed by atoms with Gasteiger partial charge in [-0.15, -0.1) is 0 Å². The van der Waals surface area contributed by atoms with Crippen LogP contribution in [-0.2, 0) is 0 Å². The molecule has 1 aliphatic rings. The largest absolute Gasteiger partial charge is 0.486 e. The quantitative estimate of drug-likeness (QED) is 0.869. The van der Waals surface area contributed by atoms with Crippen molar-refractivity contribution in [1.82, 2.24) is 10.1 Å². The van der Waals surface area contributed by atoms with Crippen LogP contribution in [0.4, 0.5) is 0 Å². The topological polar surface area (TPSA) is 77.6 Å². The van der Waals surface area contributed by atoms with Crippen LogP contribution in [-0.4, -0.2) is 28.5 Å². The zero-order chi connectivity index (χ0) is 12.5. The van der Waals surface area contributed by atoms with Crippen LogP contribution >= 0.6 is 0 Å². The highest BCUT2D eigenvalue weighted by Gasteiger charge is 2.21. The number of fused-ring (bicyclic) bond motifs is 1. The minimum Gasteiger partial charge on any atom is -0.486 e. The summed E-state index contributed by atoms with van der Waals surface area (Å²) in [5, 5.41) is 13.1. The lowest BCUT2D eigenvalue weighted by Crippen LogP contribution is -2.15. The van der Waals surface area contributed by atoms with Crippen molar-refractivity contribution in [2.75, 3.05) is 13.2 Å². The van der Waals surface area contributed by atoms with Gasteiger partial charge < -0.3 is 19.1 Å². The van der Waals surface area contributed by atoms with E-state index in [1.807, 2.05) is 18.2 Å².